The van der Waals surface area contributed by atoms with Gasteiger partial charge in [-0.05, 0) is 31.2 Å². The summed E-state index contributed by atoms with van der Waals surface area (Å²) in [6.07, 6.45) is 0.157. The third-order valence-corrected chi connectivity index (χ3v) is 5.83. The van der Waals surface area contributed by atoms with Crippen LogP contribution < -0.4 is 14.5 Å². The number of rotatable bonds is 5. The van der Waals surface area contributed by atoms with E-state index in [-0.39, 0.29) is 18.2 Å². The molecule has 0 spiro atoms. The fourth-order valence-electron chi connectivity index (χ4n) is 3.49. The van der Waals surface area contributed by atoms with Crippen molar-refractivity contribution in [3.05, 3.63) is 65.7 Å². The van der Waals surface area contributed by atoms with Crippen LogP contribution in [0.15, 0.2) is 60.0 Å². The van der Waals surface area contributed by atoms with E-state index in [9.17, 15) is 9.59 Å². The Balaban J connectivity index is 1.64. The van der Waals surface area contributed by atoms with Gasteiger partial charge in [0.15, 0.2) is 5.13 Å². The van der Waals surface area contributed by atoms with Crippen molar-refractivity contribution in [2.24, 2.45) is 5.92 Å². The quantitative estimate of drug-likeness (QED) is 0.637. The van der Waals surface area contributed by atoms with Crippen LogP contribution in [-0.2, 0) is 9.59 Å². The molecule has 29 heavy (non-hydrogen) atoms. The first-order valence-electron chi connectivity index (χ1n) is 9.33. The van der Waals surface area contributed by atoms with Crippen molar-refractivity contribution in [2.45, 2.75) is 13.3 Å². The number of carbonyl (C=O) groups is 2. The largest absolute Gasteiger partial charge is 0.495 e. The highest BCUT2D eigenvalue weighted by Gasteiger charge is 2.39. The average molecular weight is 407 g/mol. The molecule has 3 aromatic rings. The smallest absolute Gasteiger partial charge is 0.238 e. The zero-order chi connectivity index (χ0) is 20.4. The van der Waals surface area contributed by atoms with Crippen LogP contribution in [-0.4, -0.2) is 30.5 Å². The maximum Gasteiger partial charge on any atom is 0.238 e. The SMILES string of the molecule is COc1ccccc1N1CC(C(=O)N(c2ccccc2)c2nc(C)cs2)CC1=O. The second-order valence-corrected chi connectivity index (χ2v) is 7.69. The highest BCUT2D eigenvalue weighted by Crippen LogP contribution is 2.36. The number of hydrogen-bond donors (Lipinski definition) is 0. The number of amides is 2. The second kappa shape index (κ2) is 8.05. The number of nitrogens with zero attached hydrogens (tertiary/aromatic N) is 3. The summed E-state index contributed by atoms with van der Waals surface area (Å²) in [5.74, 6) is -0.0614. The van der Waals surface area contributed by atoms with E-state index in [1.807, 2.05) is 66.9 Å². The van der Waals surface area contributed by atoms with E-state index in [4.69, 9.17) is 4.74 Å². The van der Waals surface area contributed by atoms with Crippen LogP contribution in [0.25, 0.3) is 0 Å². The van der Waals surface area contributed by atoms with Crippen molar-refractivity contribution >= 4 is 39.7 Å². The lowest BCUT2D eigenvalue weighted by atomic mass is 10.1. The molecule has 0 radical (unpaired) electrons. The van der Waals surface area contributed by atoms with E-state index < -0.39 is 5.92 Å². The molecule has 148 valence electrons. The number of carbonyl (C=O) groups excluding carboxylic acids is 2. The number of benzene rings is 2. The maximum absolute atomic E-state index is 13.5. The van der Waals surface area contributed by atoms with E-state index in [1.54, 1.807) is 16.9 Å². The lowest BCUT2D eigenvalue weighted by molar-refractivity contribution is -0.123. The van der Waals surface area contributed by atoms with Crippen LogP contribution in [0.5, 0.6) is 5.75 Å². The van der Waals surface area contributed by atoms with E-state index >= 15 is 0 Å². The Bertz CT molecular complexity index is 1030. The van der Waals surface area contributed by atoms with Crippen molar-refractivity contribution in [3.63, 3.8) is 0 Å². The van der Waals surface area contributed by atoms with Gasteiger partial charge in [-0.1, -0.05) is 30.3 Å². The van der Waals surface area contributed by atoms with Gasteiger partial charge in [0.1, 0.15) is 5.75 Å². The van der Waals surface area contributed by atoms with Gasteiger partial charge in [0, 0.05) is 18.3 Å². The zero-order valence-corrected chi connectivity index (χ0v) is 17.1. The third-order valence-electron chi connectivity index (χ3n) is 4.88. The Morgan fingerprint density at radius 1 is 1.17 bits per heavy atom. The van der Waals surface area contributed by atoms with Gasteiger partial charge < -0.3 is 9.64 Å². The molecule has 1 aromatic heterocycles. The Morgan fingerprint density at radius 3 is 2.59 bits per heavy atom. The average Bonchev–Trinajstić information content (AvgIpc) is 3.34. The Hall–Kier alpha value is -3.19. The molecule has 7 heteroatoms. The molecule has 1 aliphatic heterocycles. The van der Waals surface area contributed by atoms with Gasteiger partial charge in [-0.25, -0.2) is 4.98 Å². The maximum atomic E-state index is 13.5. The summed E-state index contributed by atoms with van der Waals surface area (Å²) < 4.78 is 5.39. The second-order valence-electron chi connectivity index (χ2n) is 6.86. The van der Waals surface area contributed by atoms with Crippen molar-refractivity contribution in [1.29, 1.82) is 0 Å². The van der Waals surface area contributed by atoms with Crippen LogP contribution in [0.3, 0.4) is 0 Å². The lowest BCUT2D eigenvalue weighted by Gasteiger charge is -2.24. The topological polar surface area (TPSA) is 62.7 Å². The number of anilines is 3. The van der Waals surface area contributed by atoms with Crippen LogP contribution in [0.4, 0.5) is 16.5 Å². The molecule has 4 rings (SSSR count). The molecule has 1 fully saturated rings. The lowest BCUT2D eigenvalue weighted by Crippen LogP contribution is -2.34. The zero-order valence-electron chi connectivity index (χ0n) is 16.2. The van der Waals surface area contributed by atoms with Crippen molar-refractivity contribution in [1.82, 2.24) is 4.98 Å². The summed E-state index contributed by atoms with van der Waals surface area (Å²) in [4.78, 5) is 34.0. The Labute approximate surface area is 173 Å². The molecule has 2 heterocycles. The van der Waals surface area contributed by atoms with E-state index in [0.717, 1.165) is 11.4 Å². The molecule has 0 N–H and O–H groups in total. The predicted molar refractivity (Wildman–Crippen MR) is 114 cm³/mol. The minimum absolute atomic E-state index is 0.0869. The number of ether oxygens (including phenoxy) is 1. The highest BCUT2D eigenvalue weighted by molar-refractivity contribution is 7.14. The number of para-hydroxylation sites is 3. The normalized spacial score (nSPS) is 16.1. The van der Waals surface area contributed by atoms with Gasteiger partial charge in [0.05, 0.1) is 30.1 Å². The van der Waals surface area contributed by atoms with Gasteiger partial charge in [0.25, 0.3) is 0 Å². The van der Waals surface area contributed by atoms with Gasteiger partial charge in [0.2, 0.25) is 11.8 Å². The van der Waals surface area contributed by atoms with Crippen molar-refractivity contribution in [3.8, 4) is 5.75 Å². The van der Waals surface area contributed by atoms with E-state index in [2.05, 4.69) is 4.98 Å². The van der Waals surface area contributed by atoms with Gasteiger partial charge in [-0.15, -0.1) is 11.3 Å². The third kappa shape index (κ3) is 3.73. The number of aryl methyl sites for hydroxylation is 1. The van der Waals surface area contributed by atoms with Gasteiger partial charge >= 0.3 is 0 Å². The summed E-state index contributed by atoms with van der Waals surface area (Å²) in [7, 11) is 1.57. The van der Waals surface area contributed by atoms with Crippen LogP contribution in [0, 0.1) is 12.8 Å². The highest BCUT2D eigenvalue weighted by atomic mass is 32.1. The predicted octanol–water partition coefficient (Wildman–Crippen LogP) is 4.18. The fraction of sp³-hybridized carbons (Fsp3) is 0.227. The molecule has 1 saturated heterocycles. The molecule has 0 bridgehead atoms. The number of methoxy groups -OCH3 is 1. The molecule has 0 aliphatic carbocycles. The monoisotopic (exact) mass is 407 g/mol. The summed E-state index contributed by atoms with van der Waals surface area (Å²) in [6.45, 7) is 2.21. The standard InChI is InChI=1S/C22H21N3O3S/c1-15-14-29-22(23-15)25(17-8-4-3-5-9-17)21(27)16-12-20(26)24(13-16)18-10-6-7-11-19(18)28-2/h3-11,14,16H,12-13H2,1-2H3. The molecule has 1 atom stereocenters. The van der Waals surface area contributed by atoms with Crippen LogP contribution >= 0.6 is 11.3 Å². The minimum atomic E-state index is -0.461. The summed E-state index contributed by atoms with van der Waals surface area (Å²) in [6, 6.07) is 16.8. The van der Waals surface area contributed by atoms with E-state index in [1.165, 1.54) is 11.3 Å². The summed E-state index contributed by atoms with van der Waals surface area (Å²) >= 11 is 1.42. The summed E-state index contributed by atoms with van der Waals surface area (Å²) in [5.41, 5.74) is 2.29. The molecule has 0 saturated carbocycles. The molecule has 1 unspecified atom stereocenters. The first kappa shape index (κ1) is 19.1. The molecular weight excluding hydrogens is 386 g/mol. The number of hydrogen-bond acceptors (Lipinski definition) is 5. The van der Waals surface area contributed by atoms with Gasteiger partial charge in [-0.2, -0.15) is 0 Å². The molecule has 6 nitrogen and oxygen atoms in total. The van der Waals surface area contributed by atoms with Crippen molar-refractivity contribution in [2.75, 3.05) is 23.5 Å². The first-order chi connectivity index (χ1) is 14.1. The molecule has 2 aromatic carbocycles. The van der Waals surface area contributed by atoms with Crippen LogP contribution in [0.1, 0.15) is 12.1 Å². The fourth-order valence-corrected chi connectivity index (χ4v) is 4.32. The molecule has 2 amide bonds. The van der Waals surface area contributed by atoms with E-state index in [0.29, 0.717) is 23.1 Å². The van der Waals surface area contributed by atoms with Gasteiger partial charge in [-0.3, -0.25) is 14.5 Å². The van der Waals surface area contributed by atoms with Crippen LogP contribution in [0.2, 0.25) is 0 Å². The number of thiazole rings is 1. The first-order valence-corrected chi connectivity index (χ1v) is 10.2. The van der Waals surface area contributed by atoms with Crippen molar-refractivity contribution < 1.29 is 14.3 Å². The Kier molecular flexibility index (Phi) is 5.31. The molecular formula is C22H21N3O3S. The number of aromatic nitrogens is 1. The Morgan fingerprint density at radius 2 is 1.90 bits per heavy atom. The minimum Gasteiger partial charge on any atom is -0.495 e. The summed E-state index contributed by atoms with van der Waals surface area (Å²) in [5, 5.41) is 2.53. The molecule has 1 aliphatic rings.